The summed E-state index contributed by atoms with van der Waals surface area (Å²) in [4.78, 5) is 36.9. The van der Waals surface area contributed by atoms with Crippen LogP contribution in [0, 0.1) is 0 Å². The molecule has 0 saturated carbocycles. The molecule has 0 N–H and O–H groups in total. The third-order valence-electron chi connectivity index (χ3n) is 7.51. The number of carbonyl (C=O) groups is 2. The van der Waals surface area contributed by atoms with Crippen molar-refractivity contribution in [2.45, 2.75) is 51.4 Å². The number of esters is 2. The number of unbranched alkanes of at least 4 members (excludes halogenated alkanes) is 7. The van der Waals surface area contributed by atoms with Crippen molar-refractivity contribution in [3.63, 3.8) is 0 Å². The van der Waals surface area contributed by atoms with Crippen LogP contribution in [0.15, 0.2) is 83.8 Å². The van der Waals surface area contributed by atoms with Crippen molar-refractivity contribution in [3.05, 3.63) is 95.2 Å². The quantitative estimate of drug-likeness (QED) is 0.0838. The third-order valence-corrected chi connectivity index (χ3v) is 9.02. The molecule has 226 valence electrons. The highest BCUT2D eigenvalue weighted by Gasteiger charge is 2.23. The highest BCUT2D eigenvalue weighted by atomic mass is 32.1. The molecular formula is C34H34N4O4S2. The summed E-state index contributed by atoms with van der Waals surface area (Å²) in [7, 11) is 0. The molecular weight excluding hydrogens is 593 g/mol. The predicted molar refractivity (Wildman–Crippen MR) is 175 cm³/mol. The molecule has 0 aliphatic heterocycles. The number of hydrogen-bond acceptors (Lipinski definition) is 8. The Hall–Kier alpha value is -4.28. The van der Waals surface area contributed by atoms with Gasteiger partial charge in [0.2, 0.25) is 0 Å². The van der Waals surface area contributed by atoms with Gasteiger partial charge in [-0.2, -0.15) is 0 Å². The van der Waals surface area contributed by atoms with Crippen molar-refractivity contribution < 1.29 is 19.1 Å². The predicted octanol–water partition coefficient (Wildman–Crippen LogP) is 8.57. The first-order valence-corrected chi connectivity index (χ1v) is 16.8. The smallest absolute Gasteiger partial charge is 0.357 e. The summed E-state index contributed by atoms with van der Waals surface area (Å²) in [6.07, 6.45) is 11.9. The molecule has 0 atom stereocenters. The Balaban J connectivity index is 0.859. The fourth-order valence-electron chi connectivity index (χ4n) is 5.29. The first-order valence-electron chi connectivity index (χ1n) is 15.1. The molecule has 0 aliphatic carbocycles. The maximum absolute atomic E-state index is 13.0. The average Bonchev–Trinajstić information content (AvgIpc) is 3.83. The number of ether oxygens (including phenoxy) is 2. The Kier molecular flexibility index (Phi) is 9.79. The second-order valence-corrected chi connectivity index (χ2v) is 12.3. The topological polar surface area (TPSA) is 87.2 Å². The molecule has 0 radical (unpaired) electrons. The van der Waals surface area contributed by atoms with Gasteiger partial charge in [-0.15, -0.1) is 22.7 Å². The highest BCUT2D eigenvalue weighted by Crippen LogP contribution is 2.28. The number of benzene rings is 2. The highest BCUT2D eigenvalue weighted by molar-refractivity contribution is 7.15. The molecule has 0 bridgehead atoms. The maximum atomic E-state index is 13.0. The van der Waals surface area contributed by atoms with Crippen LogP contribution in [0.3, 0.4) is 0 Å². The van der Waals surface area contributed by atoms with E-state index < -0.39 is 0 Å². The van der Waals surface area contributed by atoms with Crippen LogP contribution in [-0.2, 0) is 9.47 Å². The fraction of sp³-hybridized carbons (Fsp3) is 0.294. The van der Waals surface area contributed by atoms with E-state index in [-0.39, 0.29) is 11.9 Å². The van der Waals surface area contributed by atoms with Gasteiger partial charge >= 0.3 is 11.9 Å². The van der Waals surface area contributed by atoms with Gasteiger partial charge in [-0.1, -0.05) is 99.2 Å². The maximum Gasteiger partial charge on any atom is 0.357 e. The summed E-state index contributed by atoms with van der Waals surface area (Å²) in [5.41, 5.74) is 4.11. The lowest BCUT2D eigenvalue weighted by molar-refractivity contribution is 0.0480. The van der Waals surface area contributed by atoms with Gasteiger partial charge in [0.05, 0.1) is 13.2 Å². The van der Waals surface area contributed by atoms with E-state index in [0.29, 0.717) is 36.0 Å². The summed E-state index contributed by atoms with van der Waals surface area (Å²) in [6, 6.07) is 19.5. The monoisotopic (exact) mass is 626 g/mol. The van der Waals surface area contributed by atoms with E-state index >= 15 is 0 Å². The number of aromatic nitrogens is 4. The van der Waals surface area contributed by atoms with Gasteiger partial charge in [0.15, 0.2) is 21.3 Å². The summed E-state index contributed by atoms with van der Waals surface area (Å²) in [5, 5.41) is 3.84. The average molecular weight is 627 g/mol. The Morgan fingerprint density at radius 1 is 0.568 bits per heavy atom. The van der Waals surface area contributed by atoms with Crippen LogP contribution in [0.5, 0.6) is 0 Å². The van der Waals surface area contributed by atoms with Crippen LogP contribution >= 0.6 is 22.7 Å². The lowest BCUT2D eigenvalue weighted by Crippen LogP contribution is -2.10. The Labute approximate surface area is 263 Å². The fourth-order valence-corrected chi connectivity index (χ4v) is 6.72. The molecule has 0 saturated heterocycles. The third kappa shape index (κ3) is 6.76. The molecule has 10 heteroatoms. The van der Waals surface area contributed by atoms with Gasteiger partial charge in [0.25, 0.3) is 0 Å². The van der Waals surface area contributed by atoms with Crippen LogP contribution in [0.4, 0.5) is 0 Å². The van der Waals surface area contributed by atoms with Gasteiger partial charge < -0.3 is 9.47 Å². The molecule has 0 amide bonds. The van der Waals surface area contributed by atoms with E-state index in [1.54, 1.807) is 0 Å². The second-order valence-electron chi connectivity index (χ2n) is 10.6. The van der Waals surface area contributed by atoms with Gasteiger partial charge in [-0.25, -0.2) is 19.6 Å². The Bertz CT molecular complexity index is 1690. The lowest BCUT2D eigenvalue weighted by atomic mass is 10.1. The molecule has 8 nitrogen and oxygen atoms in total. The normalized spacial score (nSPS) is 11.4. The summed E-state index contributed by atoms with van der Waals surface area (Å²) in [6.45, 7) is 0.799. The van der Waals surface area contributed by atoms with Crippen molar-refractivity contribution in [1.82, 2.24) is 18.8 Å². The zero-order valence-corrected chi connectivity index (χ0v) is 26.0. The largest absolute Gasteiger partial charge is 0.461 e. The minimum absolute atomic E-state index is 0.334. The van der Waals surface area contributed by atoms with Crippen molar-refractivity contribution in [3.8, 4) is 22.5 Å². The summed E-state index contributed by atoms with van der Waals surface area (Å²) < 4.78 is 14.9. The molecule has 2 aromatic carbocycles. The summed E-state index contributed by atoms with van der Waals surface area (Å²) >= 11 is 3.00. The van der Waals surface area contributed by atoms with Crippen LogP contribution in [0.25, 0.3) is 32.4 Å². The number of nitrogens with zero attached hydrogens (tertiary/aromatic N) is 4. The number of carbonyl (C=O) groups excluding carboxylic acids is 2. The molecule has 6 rings (SSSR count). The molecule has 4 heterocycles. The molecule has 4 aromatic heterocycles. The van der Waals surface area contributed by atoms with E-state index in [4.69, 9.17) is 9.47 Å². The van der Waals surface area contributed by atoms with E-state index in [2.05, 4.69) is 9.97 Å². The van der Waals surface area contributed by atoms with Gasteiger partial charge in [-0.05, 0) is 12.8 Å². The van der Waals surface area contributed by atoms with Gasteiger partial charge in [-0.3, -0.25) is 8.80 Å². The van der Waals surface area contributed by atoms with E-state index in [1.165, 1.54) is 22.7 Å². The zero-order valence-electron chi connectivity index (χ0n) is 24.4. The molecule has 0 spiro atoms. The Morgan fingerprint density at radius 2 is 0.955 bits per heavy atom. The SMILES string of the molecule is O=C(OCCCCCCCCCCOC(=O)c1c(-c2ccccc2)nc2sccn12)c1c(-c2ccccc2)nc2sccn12. The number of imidazole rings is 2. The lowest BCUT2D eigenvalue weighted by Gasteiger charge is -2.07. The standard InChI is InChI=1S/C34H34N4O4S2/c39-31(29-27(25-15-9-7-10-16-25)35-33-37(29)19-23-43-33)41-21-13-5-3-1-2-4-6-14-22-42-32(40)30-28(26-17-11-8-12-18-26)36-34-38(30)20-24-44-34/h7-12,15-20,23-24H,1-6,13-14,21-22H2. The minimum atomic E-state index is -0.334. The minimum Gasteiger partial charge on any atom is -0.461 e. The molecule has 0 aliphatic rings. The molecule has 6 aromatic rings. The van der Waals surface area contributed by atoms with Gasteiger partial charge in [0, 0.05) is 34.3 Å². The van der Waals surface area contributed by atoms with Crippen molar-refractivity contribution in [2.24, 2.45) is 0 Å². The van der Waals surface area contributed by atoms with Crippen LogP contribution in [0.2, 0.25) is 0 Å². The van der Waals surface area contributed by atoms with Crippen LogP contribution < -0.4 is 0 Å². The van der Waals surface area contributed by atoms with Crippen LogP contribution in [0.1, 0.15) is 72.3 Å². The zero-order chi connectivity index (χ0) is 30.1. The van der Waals surface area contributed by atoms with Gasteiger partial charge in [0.1, 0.15) is 11.4 Å². The molecule has 0 fully saturated rings. The number of thiazole rings is 2. The number of rotatable bonds is 15. The number of fused-ring (bicyclic) bond motifs is 2. The molecule has 0 unspecified atom stereocenters. The molecule has 44 heavy (non-hydrogen) atoms. The van der Waals surface area contributed by atoms with E-state index in [9.17, 15) is 9.59 Å². The second kappa shape index (κ2) is 14.5. The van der Waals surface area contributed by atoms with E-state index in [1.807, 2.05) is 92.6 Å². The first-order chi connectivity index (χ1) is 21.7. The first kappa shape index (κ1) is 29.8. The van der Waals surface area contributed by atoms with Crippen molar-refractivity contribution >= 4 is 44.5 Å². The van der Waals surface area contributed by atoms with Crippen LogP contribution in [-0.4, -0.2) is 43.9 Å². The number of hydrogen-bond donors (Lipinski definition) is 0. The van der Waals surface area contributed by atoms with E-state index in [0.717, 1.165) is 72.4 Å². The van der Waals surface area contributed by atoms with Crippen molar-refractivity contribution in [1.29, 1.82) is 0 Å². The Morgan fingerprint density at radius 3 is 1.36 bits per heavy atom. The summed E-state index contributed by atoms with van der Waals surface area (Å²) in [5.74, 6) is -0.667. The van der Waals surface area contributed by atoms with Crippen molar-refractivity contribution in [2.75, 3.05) is 13.2 Å².